The Hall–Kier alpha value is -3.42. The Morgan fingerprint density at radius 1 is 1.14 bits per heavy atom. The van der Waals surface area contributed by atoms with Crippen LogP contribution >= 0.6 is 0 Å². The zero-order valence-corrected chi connectivity index (χ0v) is 15.6. The molecule has 0 radical (unpaired) electrons. The van der Waals surface area contributed by atoms with Crippen LogP contribution in [0.1, 0.15) is 12.8 Å². The summed E-state index contributed by atoms with van der Waals surface area (Å²) in [4.78, 5) is 18.6. The molecule has 0 aliphatic carbocycles. The van der Waals surface area contributed by atoms with Crippen LogP contribution in [-0.2, 0) is 4.79 Å². The fourth-order valence-electron chi connectivity index (χ4n) is 3.39. The molecule has 1 saturated heterocycles. The first-order valence-corrected chi connectivity index (χ1v) is 9.35. The number of nitrogens with zero attached hydrogens (tertiary/aromatic N) is 4. The minimum atomic E-state index is -0.663. The first-order chi connectivity index (χ1) is 14.1. The molecule has 2 aromatic heterocycles. The predicted octanol–water partition coefficient (Wildman–Crippen LogP) is 3.67. The second-order valence-electron chi connectivity index (χ2n) is 6.92. The van der Waals surface area contributed by atoms with Crippen molar-refractivity contribution in [2.24, 2.45) is 5.92 Å². The van der Waals surface area contributed by atoms with Gasteiger partial charge < -0.3 is 10.2 Å². The number of amides is 1. The first kappa shape index (κ1) is 18.9. The van der Waals surface area contributed by atoms with Crippen molar-refractivity contribution in [2.75, 3.05) is 23.3 Å². The molecule has 1 N–H and O–H groups in total. The van der Waals surface area contributed by atoms with Crippen molar-refractivity contribution in [3.8, 4) is 11.3 Å². The molecule has 8 heteroatoms. The van der Waals surface area contributed by atoms with Gasteiger partial charge in [0.1, 0.15) is 11.6 Å². The maximum absolute atomic E-state index is 13.8. The van der Waals surface area contributed by atoms with Gasteiger partial charge in [0.25, 0.3) is 0 Å². The topological polar surface area (TPSA) is 71.0 Å². The highest BCUT2D eigenvalue weighted by atomic mass is 19.1. The Morgan fingerprint density at radius 3 is 2.79 bits per heavy atom. The van der Waals surface area contributed by atoms with Gasteiger partial charge in [-0.05, 0) is 49.2 Å². The van der Waals surface area contributed by atoms with Crippen LogP contribution in [0.2, 0.25) is 0 Å². The Morgan fingerprint density at radius 2 is 2.03 bits per heavy atom. The summed E-state index contributed by atoms with van der Waals surface area (Å²) in [5.74, 6) is -1.28. The van der Waals surface area contributed by atoms with E-state index in [1.165, 1.54) is 0 Å². The summed E-state index contributed by atoms with van der Waals surface area (Å²) >= 11 is 0. The number of nitrogens with one attached hydrogen (secondary N) is 1. The number of pyridine rings is 1. The van der Waals surface area contributed by atoms with E-state index in [0.29, 0.717) is 18.8 Å². The Balaban J connectivity index is 1.44. The smallest absolute Gasteiger partial charge is 0.229 e. The van der Waals surface area contributed by atoms with E-state index in [9.17, 15) is 13.6 Å². The average Bonchev–Trinajstić information content (AvgIpc) is 2.77. The standard InChI is InChI=1S/C21H19F2N5O/c22-16-5-6-17(23)19(11-16)25-21(29)15-4-2-10-28(13-15)20-8-7-18(26-27-20)14-3-1-9-24-12-14/h1,3,5-9,11-12,15H,2,4,10,13H2,(H,25,29). The maximum atomic E-state index is 13.8. The molecular weight excluding hydrogens is 376 g/mol. The van der Waals surface area contributed by atoms with Gasteiger partial charge in [0.15, 0.2) is 5.82 Å². The second kappa shape index (κ2) is 8.30. The lowest BCUT2D eigenvalue weighted by atomic mass is 9.97. The third-order valence-electron chi connectivity index (χ3n) is 4.91. The summed E-state index contributed by atoms with van der Waals surface area (Å²) < 4.78 is 27.1. The zero-order valence-electron chi connectivity index (χ0n) is 15.6. The van der Waals surface area contributed by atoms with Gasteiger partial charge in [-0.15, -0.1) is 10.2 Å². The number of piperidine rings is 1. The van der Waals surface area contributed by atoms with Gasteiger partial charge >= 0.3 is 0 Å². The van der Waals surface area contributed by atoms with E-state index >= 15 is 0 Å². The number of carbonyl (C=O) groups excluding carboxylic acids is 1. The number of anilines is 2. The van der Waals surface area contributed by atoms with Gasteiger partial charge in [-0.2, -0.15) is 0 Å². The van der Waals surface area contributed by atoms with E-state index in [1.54, 1.807) is 12.4 Å². The summed E-state index contributed by atoms with van der Waals surface area (Å²) in [6, 6.07) is 10.5. The molecule has 1 aliphatic rings. The summed E-state index contributed by atoms with van der Waals surface area (Å²) in [7, 11) is 0. The van der Waals surface area contributed by atoms with Crippen molar-refractivity contribution in [3.05, 3.63) is 66.5 Å². The monoisotopic (exact) mass is 395 g/mol. The summed E-state index contributed by atoms with van der Waals surface area (Å²) in [6.45, 7) is 1.18. The van der Waals surface area contributed by atoms with Crippen molar-refractivity contribution < 1.29 is 13.6 Å². The molecule has 29 heavy (non-hydrogen) atoms. The van der Waals surface area contributed by atoms with Gasteiger partial charge in [0.2, 0.25) is 5.91 Å². The van der Waals surface area contributed by atoms with Gasteiger partial charge in [-0.3, -0.25) is 9.78 Å². The minimum absolute atomic E-state index is 0.146. The summed E-state index contributed by atoms with van der Waals surface area (Å²) in [6.07, 6.45) is 4.87. The molecule has 1 aromatic carbocycles. The average molecular weight is 395 g/mol. The highest BCUT2D eigenvalue weighted by molar-refractivity contribution is 5.93. The maximum Gasteiger partial charge on any atom is 0.229 e. The van der Waals surface area contributed by atoms with Gasteiger partial charge in [0.05, 0.1) is 17.3 Å². The SMILES string of the molecule is O=C(Nc1cc(F)ccc1F)C1CCCN(c2ccc(-c3cccnc3)nn2)C1. The van der Waals surface area contributed by atoms with Crippen molar-refractivity contribution in [3.63, 3.8) is 0 Å². The van der Waals surface area contributed by atoms with Gasteiger partial charge in [-0.25, -0.2) is 8.78 Å². The normalized spacial score (nSPS) is 16.5. The number of hydrogen-bond acceptors (Lipinski definition) is 5. The van der Waals surface area contributed by atoms with Gasteiger partial charge in [-0.1, -0.05) is 0 Å². The Bertz CT molecular complexity index is 998. The number of carbonyl (C=O) groups is 1. The van der Waals surface area contributed by atoms with Crippen LogP contribution in [0.3, 0.4) is 0 Å². The highest BCUT2D eigenvalue weighted by Crippen LogP contribution is 2.25. The lowest BCUT2D eigenvalue weighted by Gasteiger charge is -2.32. The van der Waals surface area contributed by atoms with Crippen LogP contribution in [0.25, 0.3) is 11.3 Å². The van der Waals surface area contributed by atoms with Crippen molar-refractivity contribution in [1.29, 1.82) is 0 Å². The van der Waals surface area contributed by atoms with E-state index in [1.807, 2.05) is 29.2 Å². The number of hydrogen-bond donors (Lipinski definition) is 1. The number of rotatable bonds is 4. The predicted molar refractivity (Wildman–Crippen MR) is 105 cm³/mol. The molecule has 1 aliphatic heterocycles. The minimum Gasteiger partial charge on any atom is -0.354 e. The molecule has 1 fully saturated rings. The third kappa shape index (κ3) is 4.37. The molecule has 148 valence electrons. The lowest BCUT2D eigenvalue weighted by Crippen LogP contribution is -2.41. The molecule has 1 amide bonds. The largest absolute Gasteiger partial charge is 0.354 e. The van der Waals surface area contributed by atoms with Crippen LogP contribution < -0.4 is 10.2 Å². The molecule has 6 nitrogen and oxygen atoms in total. The number of benzene rings is 1. The summed E-state index contributed by atoms with van der Waals surface area (Å²) in [5.41, 5.74) is 1.45. The van der Waals surface area contributed by atoms with E-state index in [-0.39, 0.29) is 17.5 Å². The Labute approximate surface area is 166 Å². The van der Waals surface area contributed by atoms with Crippen LogP contribution in [0, 0.1) is 17.6 Å². The number of aromatic nitrogens is 3. The van der Waals surface area contributed by atoms with Crippen molar-refractivity contribution in [1.82, 2.24) is 15.2 Å². The van der Waals surface area contributed by atoms with E-state index in [4.69, 9.17) is 0 Å². The molecule has 0 bridgehead atoms. The van der Waals surface area contributed by atoms with Crippen LogP contribution in [-0.4, -0.2) is 34.2 Å². The number of halogens is 2. The highest BCUT2D eigenvalue weighted by Gasteiger charge is 2.27. The molecule has 3 aromatic rings. The fraction of sp³-hybridized carbons (Fsp3) is 0.238. The van der Waals surface area contributed by atoms with Crippen LogP contribution in [0.15, 0.2) is 54.9 Å². The third-order valence-corrected chi connectivity index (χ3v) is 4.91. The van der Waals surface area contributed by atoms with E-state index in [0.717, 1.165) is 42.4 Å². The van der Waals surface area contributed by atoms with Crippen molar-refractivity contribution in [2.45, 2.75) is 12.8 Å². The molecule has 4 rings (SSSR count). The quantitative estimate of drug-likeness (QED) is 0.730. The molecule has 1 unspecified atom stereocenters. The fourth-order valence-corrected chi connectivity index (χ4v) is 3.39. The lowest BCUT2D eigenvalue weighted by molar-refractivity contribution is -0.120. The van der Waals surface area contributed by atoms with E-state index < -0.39 is 11.6 Å². The first-order valence-electron chi connectivity index (χ1n) is 9.35. The van der Waals surface area contributed by atoms with Crippen molar-refractivity contribution >= 4 is 17.4 Å². The molecule has 3 heterocycles. The van der Waals surface area contributed by atoms with Crippen LogP contribution in [0.4, 0.5) is 20.3 Å². The zero-order chi connectivity index (χ0) is 20.2. The summed E-state index contributed by atoms with van der Waals surface area (Å²) in [5, 5.41) is 11.0. The second-order valence-corrected chi connectivity index (χ2v) is 6.92. The molecule has 1 atom stereocenters. The van der Waals surface area contributed by atoms with Gasteiger partial charge in [0, 0.05) is 37.1 Å². The van der Waals surface area contributed by atoms with E-state index in [2.05, 4.69) is 20.5 Å². The Kier molecular flexibility index (Phi) is 5.41. The van der Waals surface area contributed by atoms with Crippen LogP contribution in [0.5, 0.6) is 0 Å². The molecule has 0 spiro atoms. The molecule has 0 saturated carbocycles. The molecular formula is C21H19F2N5O.